The second-order valence-electron chi connectivity index (χ2n) is 7.23. The molecule has 0 unspecified atom stereocenters. The van der Waals surface area contributed by atoms with Gasteiger partial charge in [0.1, 0.15) is 0 Å². The van der Waals surface area contributed by atoms with E-state index in [1.165, 1.54) is 27.2 Å². The first-order valence-corrected chi connectivity index (χ1v) is 9.86. The Bertz CT molecular complexity index is 1300. The summed E-state index contributed by atoms with van der Waals surface area (Å²) in [6.45, 7) is 0. The second kappa shape index (κ2) is 7.33. The van der Waals surface area contributed by atoms with Crippen LogP contribution in [0.2, 0.25) is 0 Å². The fourth-order valence-corrected chi connectivity index (χ4v) is 3.98. The molecule has 0 saturated carbocycles. The first-order chi connectivity index (χ1) is 14.3. The number of nitrogens with zero attached hydrogens (tertiary/aromatic N) is 1. The molecule has 0 amide bonds. The summed E-state index contributed by atoms with van der Waals surface area (Å²) in [6.07, 6.45) is 0. The first-order valence-electron chi connectivity index (χ1n) is 9.86. The van der Waals surface area contributed by atoms with Crippen molar-refractivity contribution in [1.82, 2.24) is 0 Å². The van der Waals surface area contributed by atoms with Gasteiger partial charge in [-0.15, -0.1) is 0 Å². The highest BCUT2D eigenvalue weighted by Crippen LogP contribution is 2.37. The van der Waals surface area contributed by atoms with Crippen molar-refractivity contribution in [1.29, 1.82) is 0 Å². The second-order valence-corrected chi connectivity index (χ2v) is 7.23. The maximum atomic E-state index is 3.67. The Balaban J connectivity index is 1.59. The largest absolute Gasteiger partial charge is 0.353 e. The van der Waals surface area contributed by atoms with Crippen LogP contribution in [-0.4, -0.2) is 7.05 Å². The molecule has 2 nitrogen and oxygen atoms in total. The minimum atomic E-state index is 1.08. The van der Waals surface area contributed by atoms with Crippen molar-refractivity contribution < 1.29 is 0 Å². The average Bonchev–Trinajstić information content (AvgIpc) is 2.79. The Labute approximate surface area is 171 Å². The third-order valence-corrected chi connectivity index (χ3v) is 5.45. The van der Waals surface area contributed by atoms with Gasteiger partial charge in [0.25, 0.3) is 0 Å². The number of hydrogen-bond acceptors (Lipinski definition) is 2. The molecule has 0 aliphatic heterocycles. The SMILES string of the molecule is CN(c1ccccc1Nc1cccc2ccccc12)c1cccc2ccccc12. The summed E-state index contributed by atoms with van der Waals surface area (Å²) in [6, 6.07) is 38.3. The Morgan fingerprint density at radius 3 is 1.83 bits per heavy atom. The first kappa shape index (κ1) is 17.3. The van der Waals surface area contributed by atoms with E-state index in [1.807, 2.05) is 0 Å². The van der Waals surface area contributed by atoms with Gasteiger partial charge in [-0.25, -0.2) is 0 Å². The van der Waals surface area contributed by atoms with E-state index in [-0.39, 0.29) is 0 Å². The van der Waals surface area contributed by atoms with E-state index in [9.17, 15) is 0 Å². The van der Waals surface area contributed by atoms with E-state index in [0.717, 1.165) is 17.1 Å². The van der Waals surface area contributed by atoms with E-state index >= 15 is 0 Å². The lowest BCUT2D eigenvalue weighted by Gasteiger charge is -2.25. The van der Waals surface area contributed by atoms with E-state index in [0.29, 0.717) is 0 Å². The van der Waals surface area contributed by atoms with Crippen molar-refractivity contribution in [2.24, 2.45) is 0 Å². The molecule has 0 fully saturated rings. The van der Waals surface area contributed by atoms with E-state index in [2.05, 4.69) is 126 Å². The fourth-order valence-electron chi connectivity index (χ4n) is 3.98. The van der Waals surface area contributed by atoms with Crippen LogP contribution in [0.5, 0.6) is 0 Å². The van der Waals surface area contributed by atoms with Crippen molar-refractivity contribution in [2.75, 3.05) is 17.3 Å². The lowest BCUT2D eigenvalue weighted by atomic mass is 10.1. The number of rotatable bonds is 4. The number of para-hydroxylation sites is 2. The molecular formula is C27H22N2. The summed E-state index contributed by atoms with van der Waals surface area (Å²) >= 11 is 0. The van der Waals surface area contributed by atoms with E-state index < -0.39 is 0 Å². The highest BCUT2D eigenvalue weighted by molar-refractivity contribution is 5.99. The molecule has 2 heteroatoms. The van der Waals surface area contributed by atoms with Crippen LogP contribution in [0.1, 0.15) is 0 Å². The molecule has 0 aliphatic carbocycles. The van der Waals surface area contributed by atoms with Gasteiger partial charge in [0, 0.05) is 29.2 Å². The predicted molar refractivity (Wildman–Crippen MR) is 126 cm³/mol. The highest BCUT2D eigenvalue weighted by Gasteiger charge is 2.12. The molecule has 29 heavy (non-hydrogen) atoms. The van der Waals surface area contributed by atoms with Crippen molar-refractivity contribution in [3.05, 3.63) is 109 Å². The summed E-state index contributed by atoms with van der Waals surface area (Å²) in [5.74, 6) is 0. The van der Waals surface area contributed by atoms with Crippen LogP contribution < -0.4 is 10.2 Å². The van der Waals surface area contributed by atoms with Crippen LogP contribution in [0.25, 0.3) is 21.5 Å². The number of benzene rings is 5. The average molecular weight is 374 g/mol. The minimum absolute atomic E-state index is 1.08. The molecule has 5 aromatic rings. The topological polar surface area (TPSA) is 15.3 Å². The van der Waals surface area contributed by atoms with Gasteiger partial charge in [0.15, 0.2) is 0 Å². The van der Waals surface area contributed by atoms with Gasteiger partial charge >= 0.3 is 0 Å². The van der Waals surface area contributed by atoms with E-state index in [1.54, 1.807) is 0 Å². The molecule has 5 rings (SSSR count). The van der Waals surface area contributed by atoms with Crippen molar-refractivity contribution >= 4 is 44.3 Å². The molecule has 0 spiro atoms. The van der Waals surface area contributed by atoms with Gasteiger partial charge < -0.3 is 10.2 Å². The van der Waals surface area contributed by atoms with Gasteiger partial charge in [0.05, 0.1) is 11.4 Å². The van der Waals surface area contributed by atoms with Crippen LogP contribution in [0.15, 0.2) is 109 Å². The number of nitrogens with one attached hydrogen (secondary N) is 1. The number of anilines is 4. The molecular weight excluding hydrogens is 352 g/mol. The third kappa shape index (κ3) is 3.19. The molecule has 0 bridgehead atoms. The lowest BCUT2D eigenvalue weighted by Crippen LogP contribution is -2.12. The van der Waals surface area contributed by atoms with Crippen molar-refractivity contribution in [3.8, 4) is 0 Å². The Kier molecular flexibility index (Phi) is 4.38. The summed E-state index contributed by atoms with van der Waals surface area (Å²) in [5, 5.41) is 8.62. The standard InChI is InChI=1S/C27H22N2/c1-29(26-19-9-13-21-11-3-5-15-23(21)26)27-18-7-6-16-25(27)28-24-17-8-12-20-10-2-4-14-22(20)24/h2-19,28H,1H3. The van der Waals surface area contributed by atoms with Crippen LogP contribution in [0.4, 0.5) is 22.7 Å². The smallest absolute Gasteiger partial charge is 0.0647 e. The Morgan fingerprint density at radius 2 is 1.00 bits per heavy atom. The molecule has 1 N–H and O–H groups in total. The van der Waals surface area contributed by atoms with E-state index in [4.69, 9.17) is 0 Å². The third-order valence-electron chi connectivity index (χ3n) is 5.45. The number of hydrogen-bond donors (Lipinski definition) is 1. The number of fused-ring (bicyclic) bond motifs is 2. The van der Waals surface area contributed by atoms with Gasteiger partial charge in [-0.3, -0.25) is 0 Å². The van der Waals surface area contributed by atoms with Gasteiger partial charge in [-0.1, -0.05) is 84.9 Å². The lowest BCUT2D eigenvalue weighted by molar-refractivity contribution is 1.22. The van der Waals surface area contributed by atoms with Crippen molar-refractivity contribution in [3.63, 3.8) is 0 Å². The normalized spacial score (nSPS) is 10.9. The molecule has 140 valence electrons. The van der Waals surface area contributed by atoms with Gasteiger partial charge in [-0.2, -0.15) is 0 Å². The van der Waals surface area contributed by atoms with Gasteiger partial charge in [0.2, 0.25) is 0 Å². The molecule has 0 saturated heterocycles. The summed E-state index contributed by atoms with van der Waals surface area (Å²) < 4.78 is 0. The minimum Gasteiger partial charge on any atom is -0.353 e. The van der Waals surface area contributed by atoms with Gasteiger partial charge in [-0.05, 0) is 35.0 Å². The predicted octanol–water partition coefficient (Wildman–Crippen LogP) is 7.50. The Morgan fingerprint density at radius 1 is 0.483 bits per heavy atom. The van der Waals surface area contributed by atoms with Crippen LogP contribution in [0.3, 0.4) is 0 Å². The van der Waals surface area contributed by atoms with Crippen molar-refractivity contribution in [2.45, 2.75) is 0 Å². The summed E-state index contributed by atoms with van der Waals surface area (Å²) in [4.78, 5) is 2.26. The zero-order chi connectivity index (χ0) is 19.6. The molecule has 0 radical (unpaired) electrons. The zero-order valence-corrected chi connectivity index (χ0v) is 16.3. The van der Waals surface area contributed by atoms with Crippen LogP contribution >= 0.6 is 0 Å². The van der Waals surface area contributed by atoms with Crippen LogP contribution in [0, 0.1) is 0 Å². The molecule has 0 heterocycles. The molecule has 0 aromatic heterocycles. The highest BCUT2D eigenvalue weighted by atomic mass is 15.1. The Hall–Kier alpha value is -3.78. The molecule has 0 aliphatic rings. The summed E-state index contributed by atoms with van der Waals surface area (Å²) in [5.41, 5.74) is 4.52. The maximum Gasteiger partial charge on any atom is 0.0647 e. The maximum absolute atomic E-state index is 3.67. The molecule has 0 atom stereocenters. The summed E-state index contributed by atoms with van der Waals surface area (Å²) in [7, 11) is 2.13. The molecule has 5 aromatic carbocycles. The zero-order valence-electron chi connectivity index (χ0n) is 16.3. The fraction of sp³-hybridized carbons (Fsp3) is 0.0370. The monoisotopic (exact) mass is 374 g/mol. The quantitative estimate of drug-likeness (QED) is 0.350. The van der Waals surface area contributed by atoms with Crippen LogP contribution in [-0.2, 0) is 0 Å².